The van der Waals surface area contributed by atoms with E-state index in [1.54, 1.807) is 13.8 Å². The lowest BCUT2D eigenvalue weighted by molar-refractivity contribution is -0.386. The predicted octanol–water partition coefficient (Wildman–Crippen LogP) is 2.92. The van der Waals surface area contributed by atoms with E-state index < -0.39 is 33.1 Å². The van der Waals surface area contributed by atoms with Crippen LogP contribution in [0.2, 0.25) is 0 Å². The lowest BCUT2D eigenvalue weighted by Gasteiger charge is -2.18. The fraction of sp³-hybridized carbons (Fsp3) is 0.381. The molecule has 31 heavy (non-hydrogen) atoms. The topological polar surface area (TPSA) is 119 Å². The van der Waals surface area contributed by atoms with E-state index in [-0.39, 0.29) is 29.7 Å². The number of carbonyl (C=O) groups is 1. The van der Waals surface area contributed by atoms with E-state index >= 15 is 0 Å². The summed E-state index contributed by atoms with van der Waals surface area (Å²) in [5, 5.41) is 14.2. The number of nitrogens with one attached hydrogen (secondary N) is 1. The third-order valence-electron chi connectivity index (χ3n) is 4.80. The van der Waals surface area contributed by atoms with Crippen molar-refractivity contribution in [2.45, 2.75) is 31.6 Å². The Morgan fingerprint density at radius 1 is 1.16 bits per heavy atom. The Morgan fingerprint density at radius 3 is 2.39 bits per heavy atom. The second kappa shape index (κ2) is 10.9. The molecule has 2 aromatic rings. The molecule has 0 saturated carbocycles. The number of sulfonamides is 1. The maximum atomic E-state index is 12.6. The number of nitro groups is 1. The molecule has 1 unspecified atom stereocenters. The van der Waals surface area contributed by atoms with E-state index in [1.807, 2.05) is 37.3 Å². The highest BCUT2D eigenvalue weighted by Crippen LogP contribution is 2.30. The summed E-state index contributed by atoms with van der Waals surface area (Å²) in [4.78, 5) is 22.6. The van der Waals surface area contributed by atoms with Gasteiger partial charge in [0.15, 0.2) is 12.4 Å². The molecule has 9 nitrogen and oxygen atoms in total. The number of hydrogen-bond donors (Lipinski definition) is 1. The normalized spacial score (nSPS) is 12.4. The molecular weight excluding hydrogens is 422 g/mol. The third-order valence-corrected chi connectivity index (χ3v) is 6.85. The van der Waals surface area contributed by atoms with Crippen LogP contribution in [-0.2, 0) is 14.8 Å². The van der Waals surface area contributed by atoms with E-state index in [0.717, 1.165) is 11.6 Å². The molecule has 2 aromatic carbocycles. The predicted molar refractivity (Wildman–Crippen MR) is 117 cm³/mol. The lowest BCUT2D eigenvalue weighted by atomic mass is 10.0. The number of rotatable bonds is 11. The van der Waals surface area contributed by atoms with Crippen molar-refractivity contribution in [3.8, 4) is 5.75 Å². The summed E-state index contributed by atoms with van der Waals surface area (Å²) < 4.78 is 31.7. The molecule has 0 aliphatic carbocycles. The van der Waals surface area contributed by atoms with Crippen LogP contribution < -0.4 is 10.1 Å². The first-order chi connectivity index (χ1) is 14.7. The minimum Gasteiger partial charge on any atom is -0.477 e. The van der Waals surface area contributed by atoms with Crippen LogP contribution >= 0.6 is 0 Å². The van der Waals surface area contributed by atoms with E-state index in [2.05, 4.69) is 5.32 Å². The third kappa shape index (κ3) is 6.25. The van der Waals surface area contributed by atoms with Gasteiger partial charge in [-0.1, -0.05) is 51.1 Å². The Balaban J connectivity index is 2.06. The first kappa shape index (κ1) is 24.3. The molecule has 10 heteroatoms. The van der Waals surface area contributed by atoms with Gasteiger partial charge in [0.1, 0.15) is 0 Å². The Kier molecular flexibility index (Phi) is 8.52. The van der Waals surface area contributed by atoms with E-state index in [4.69, 9.17) is 4.74 Å². The van der Waals surface area contributed by atoms with Crippen LogP contribution in [0.5, 0.6) is 5.75 Å². The van der Waals surface area contributed by atoms with Gasteiger partial charge in [-0.15, -0.1) is 0 Å². The van der Waals surface area contributed by atoms with Gasteiger partial charge in [-0.2, -0.15) is 4.31 Å². The van der Waals surface area contributed by atoms with Crippen LogP contribution in [0.4, 0.5) is 5.69 Å². The number of nitro benzene ring substituents is 1. The first-order valence-corrected chi connectivity index (χ1v) is 11.4. The largest absolute Gasteiger partial charge is 0.477 e. The maximum Gasteiger partial charge on any atom is 0.312 e. The molecule has 0 aliphatic heterocycles. The number of nitrogens with zero attached hydrogens (tertiary/aromatic N) is 2. The molecule has 0 fully saturated rings. The molecule has 168 valence electrons. The SMILES string of the molecule is CCN(CC)S(=O)(=O)c1ccc(OCC(=O)NCC(C)c2ccccc2)c([N+](=O)[O-])c1. The average molecular weight is 450 g/mol. The first-order valence-electron chi connectivity index (χ1n) is 9.93. The Bertz CT molecular complexity index is 1010. The molecule has 0 heterocycles. The zero-order valence-electron chi connectivity index (χ0n) is 17.8. The van der Waals surface area contributed by atoms with Crippen molar-refractivity contribution in [3.63, 3.8) is 0 Å². The Labute approximate surface area is 182 Å². The van der Waals surface area contributed by atoms with Gasteiger partial charge in [0.05, 0.1) is 9.82 Å². The highest BCUT2D eigenvalue weighted by Gasteiger charge is 2.26. The van der Waals surface area contributed by atoms with Crippen molar-refractivity contribution in [2.24, 2.45) is 0 Å². The second-order valence-corrected chi connectivity index (χ2v) is 8.82. The van der Waals surface area contributed by atoms with Crippen molar-refractivity contribution in [1.82, 2.24) is 9.62 Å². The van der Waals surface area contributed by atoms with Gasteiger partial charge in [-0.25, -0.2) is 8.42 Å². The minimum absolute atomic E-state index is 0.0871. The van der Waals surface area contributed by atoms with Crippen LogP contribution in [0, 0.1) is 10.1 Å². The van der Waals surface area contributed by atoms with E-state index in [1.165, 1.54) is 16.4 Å². The number of amides is 1. The van der Waals surface area contributed by atoms with Crippen molar-refractivity contribution in [1.29, 1.82) is 0 Å². The van der Waals surface area contributed by atoms with Crippen LogP contribution in [-0.4, -0.2) is 49.8 Å². The fourth-order valence-electron chi connectivity index (χ4n) is 3.00. The van der Waals surface area contributed by atoms with Gasteiger partial charge in [-0.3, -0.25) is 14.9 Å². The molecule has 2 rings (SSSR count). The van der Waals surface area contributed by atoms with E-state index in [9.17, 15) is 23.3 Å². The van der Waals surface area contributed by atoms with Crippen LogP contribution in [0.3, 0.4) is 0 Å². The standard InChI is InChI=1S/C21H27N3O6S/c1-4-23(5-2)31(28,29)18-11-12-20(19(13-18)24(26)27)30-15-21(25)22-14-16(3)17-9-7-6-8-10-17/h6-13,16H,4-5,14-15H2,1-3H3,(H,22,25). The molecular formula is C21H27N3O6S. The molecule has 0 radical (unpaired) electrons. The van der Waals surface area contributed by atoms with Gasteiger partial charge in [-0.05, 0) is 23.6 Å². The number of carbonyl (C=O) groups excluding carboxylic acids is 1. The van der Waals surface area contributed by atoms with Gasteiger partial charge < -0.3 is 10.1 Å². The molecule has 0 spiro atoms. The average Bonchev–Trinajstić information content (AvgIpc) is 2.77. The van der Waals surface area contributed by atoms with Crippen molar-refractivity contribution in [3.05, 3.63) is 64.2 Å². The van der Waals surface area contributed by atoms with Gasteiger partial charge in [0, 0.05) is 25.7 Å². The van der Waals surface area contributed by atoms with Crippen molar-refractivity contribution < 1.29 is 22.9 Å². The fourth-order valence-corrected chi connectivity index (χ4v) is 4.47. The highest BCUT2D eigenvalue weighted by atomic mass is 32.2. The smallest absolute Gasteiger partial charge is 0.312 e. The van der Waals surface area contributed by atoms with Crippen LogP contribution in [0.25, 0.3) is 0 Å². The summed E-state index contributed by atoms with van der Waals surface area (Å²) in [6, 6.07) is 13.1. The number of ether oxygens (including phenoxy) is 1. The van der Waals surface area contributed by atoms with Crippen molar-refractivity contribution >= 4 is 21.6 Å². The molecule has 0 aromatic heterocycles. The zero-order chi connectivity index (χ0) is 23.0. The molecule has 0 bridgehead atoms. The Hall–Kier alpha value is -2.98. The Morgan fingerprint density at radius 2 is 1.81 bits per heavy atom. The summed E-state index contributed by atoms with van der Waals surface area (Å²) in [6.07, 6.45) is 0. The quantitative estimate of drug-likeness (QED) is 0.416. The van der Waals surface area contributed by atoms with Crippen LogP contribution in [0.1, 0.15) is 32.3 Å². The van der Waals surface area contributed by atoms with Crippen LogP contribution in [0.15, 0.2) is 53.4 Å². The van der Waals surface area contributed by atoms with Gasteiger partial charge >= 0.3 is 5.69 Å². The zero-order valence-corrected chi connectivity index (χ0v) is 18.6. The number of hydrogen-bond acceptors (Lipinski definition) is 6. The monoisotopic (exact) mass is 449 g/mol. The summed E-state index contributed by atoms with van der Waals surface area (Å²) in [7, 11) is -3.86. The number of benzene rings is 2. The van der Waals surface area contributed by atoms with Gasteiger partial charge in [0.25, 0.3) is 5.91 Å². The molecule has 1 amide bonds. The van der Waals surface area contributed by atoms with E-state index in [0.29, 0.717) is 6.54 Å². The minimum atomic E-state index is -3.86. The second-order valence-electron chi connectivity index (χ2n) is 6.88. The molecule has 1 atom stereocenters. The highest BCUT2D eigenvalue weighted by molar-refractivity contribution is 7.89. The summed E-state index contributed by atoms with van der Waals surface area (Å²) in [5.74, 6) is -0.518. The summed E-state index contributed by atoms with van der Waals surface area (Å²) >= 11 is 0. The molecule has 1 N–H and O–H groups in total. The van der Waals surface area contributed by atoms with Crippen molar-refractivity contribution in [2.75, 3.05) is 26.2 Å². The maximum absolute atomic E-state index is 12.6. The lowest BCUT2D eigenvalue weighted by Crippen LogP contribution is -2.32. The summed E-state index contributed by atoms with van der Waals surface area (Å²) in [5.41, 5.74) is 0.558. The summed E-state index contributed by atoms with van der Waals surface area (Å²) in [6.45, 7) is 5.78. The van der Waals surface area contributed by atoms with Gasteiger partial charge in [0.2, 0.25) is 10.0 Å². The molecule has 0 saturated heterocycles. The molecule has 0 aliphatic rings.